The Balaban J connectivity index is 2.19. The second-order valence-electron chi connectivity index (χ2n) is 5.02. The SMILES string of the molecule is Cc1ccc(CC[C@H](C)NCC[C@H](C)O)cc1. The number of rotatable bonds is 7. The minimum Gasteiger partial charge on any atom is -0.393 e. The summed E-state index contributed by atoms with van der Waals surface area (Å²) in [5, 5.41) is 12.6. The summed E-state index contributed by atoms with van der Waals surface area (Å²) in [6.07, 6.45) is 2.88. The molecule has 2 nitrogen and oxygen atoms in total. The molecule has 0 spiro atoms. The van der Waals surface area contributed by atoms with Crippen molar-refractivity contribution in [1.29, 1.82) is 0 Å². The molecule has 2 N–H and O–H groups in total. The second-order valence-corrected chi connectivity index (χ2v) is 5.02. The van der Waals surface area contributed by atoms with E-state index in [1.807, 2.05) is 6.92 Å². The zero-order chi connectivity index (χ0) is 12.7. The van der Waals surface area contributed by atoms with Crippen LogP contribution in [0.3, 0.4) is 0 Å². The highest BCUT2D eigenvalue weighted by molar-refractivity contribution is 5.21. The molecule has 2 atom stereocenters. The van der Waals surface area contributed by atoms with Crippen molar-refractivity contribution in [2.24, 2.45) is 0 Å². The maximum absolute atomic E-state index is 9.16. The summed E-state index contributed by atoms with van der Waals surface area (Å²) in [6, 6.07) is 9.26. The number of aliphatic hydroxyl groups excluding tert-OH is 1. The van der Waals surface area contributed by atoms with Crippen molar-refractivity contribution in [2.45, 2.75) is 52.2 Å². The third-order valence-corrected chi connectivity index (χ3v) is 3.04. The Kier molecular flexibility index (Phi) is 6.23. The van der Waals surface area contributed by atoms with Crippen LogP contribution < -0.4 is 5.32 Å². The Hall–Kier alpha value is -0.860. The van der Waals surface area contributed by atoms with Crippen LogP contribution in [0, 0.1) is 6.92 Å². The van der Waals surface area contributed by atoms with Gasteiger partial charge in [-0.15, -0.1) is 0 Å². The predicted octanol–water partition coefficient (Wildman–Crippen LogP) is 2.68. The minimum absolute atomic E-state index is 0.202. The molecule has 0 aliphatic carbocycles. The van der Waals surface area contributed by atoms with Gasteiger partial charge in [-0.2, -0.15) is 0 Å². The molecule has 0 saturated heterocycles. The number of nitrogens with one attached hydrogen (secondary N) is 1. The molecule has 0 aliphatic heterocycles. The van der Waals surface area contributed by atoms with Crippen LogP contribution in [0.15, 0.2) is 24.3 Å². The first kappa shape index (κ1) is 14.2. The maximum Gasteiger partial charge on any atom is 0.0524 e. The first-order valence-electron chi connectivity index (χ1n) is 6.55. The Labute approximate surface area is 105 Å². The summed E-state index contributed by atoms with van der Waals surface area (Å²) in [5.41, 5.74) is 2.72. The summed E-state index contributed by atoms with van der Waals surface area (Å²) < 4.78 is 0. The van der Waals surface area contributed by atoms with E-state index in [2.05, 4.69) is 43.4 Å². The highest BCUT2D eigenvalue weighted by Crippen LogP contribution is 2.07. The molecule has 0 bridgehead atoms. The van der Waals surface area contributed by atoms with Crippen molar-refractivity contribution in [1.82, 2.24) is 5.32 Å². The summed E-state index contributed by atoms with van der Waals surface area (Å²) in [7, 11) is 0. The molecule has 17 heavy (non-hydrogen) atoms. The first-order chi connectivity index (χ1) is 8.08. The molecule has 0 unspecified atom stereocenters. The van der Waals surface area contributed by atoms with Crippen LogP contribution in [0.5, 0.6) is 0 Å². The lowest BCUT2D eigenvalue weighted by Gasteiger charge is -2.14. The van der Waals surface area contributed by atoms with Gasteiger partial charge in [0.05, 0.1) is 6.10 Å². The third kappa shape index (κ3) is 6.44. The summed E-state index contributed by atoms with van der Waals surface area (Å²) in [4.78, 5) is 0. The van der Waals surface area contributed by atoms with Crippen LogP contribution in [0.4, 0.5) is 0 Å². The first-order valence-corrected chi connectivity index (χ1v) is 6.55. The van der Waals surface area contributed by atoms with Gasteiger partial charge in [0.15, 0.2) is 0 Å². The Morgan fingerprint density at radius 1 is 1.12 bits per heavy atom. The van der Waals surface area contributed by atoms with Gasteiger partial charge in [-0.1, -0.05) is 29.8 Å². The quantitative estimate of drug-likeness (QED) is 0.761. The molecule has 0 aromatic heterocycles. The number of benzene rings is 1. The van der Waals surface area contributed by atoms with Crippen LogP contribution >= 0.6 is 0 Å². The summed E-state index contributed by atoms with van der Waals surface area (Å²) in [5.74, 6) is 0. The van der Waals surface area contributed by atoms with E-state index < -0.39 is 0 Å². The Morgan fingerprint density at radius 2 is 1.76 bits per heavy atom. The molecule has 1 aromatic rings. The van der Waals surface area contributed by atoms with Gasteiger partial charge in [-0.05, 0) is 52.1 Å². The largest absolute Gasteiger partial charge is 0.393 e. The molecule has 0 radical (unpaired) electrons. The monoisotopic (exact) mass is 235 g/mol. The number of hydrogen-bond acceptors (Lipinski definition) is 2. The van der Waals surface area contributed by atoms with Crippen molar-refractivity contribution in [2.75, 3.05) is 6.54 Å². The average Bonchev–Trinajstić information content (AvgIpc) is 2.28. The molecular weight excluding hydrogens is 210 g/mol. The lowest BCUT2D eigenvalue weighted by Crippen LogP contribution is -2.29. The fourth-order valence-electron chi connectivity index (χ4n) is 1.78. The van der Waals surface area contributed by atoms with E-state index in [1.54, 1.807) is 0 Å². The normalized spacial score (nSPS) is 14.6. The topological polar surface area (TPSA) is 32.3 Å². The molecule has 1 rings (SSSR count). The molecule has 96 valence electrons. The van der Waals surface area contributed by atoms with E-state index in [0.29, 0.717) is 6.04 Å². The summed E-state index contributed by atoms with van der Waals surface area (Å²) >= 11 is 0. The number of aryl methyl sites for hydroxylation is 2. The third-order valence-electron chi connectivity index (χ3n) is 3.04. The molecule has 1 aromatic carbocycles. The van der Waals surface area contributed by atoms with E-state index in [0.717, 1.165) is 25.8 Å². The molecule has 0 heterocycles. The number of hydrogen-bond donors (Lipinski definition) is 2. The van der Waals surface area contributed by atoms with E-state index in [4.69, 9.17) is 5.11 Å². The van der Waals surface area contributed by atoms with Crippen molar-refractivity contribution in [3.63, 3.8) is 0 Å². The van der Waals surface area contributed by atoms with Crippen LogP contribution in [0.25, 0.3) is 0 Å². The van der Waals surface area contributed by atoms with Crippen molar-refractivity contribution in [3.8, 4) is 0 Å². The molecule has 2 heteroatoms. The lowest BCUT2D eigenvalue weighted by molar-refractivity contribution is 0.182. The Morgan fingerprint density at radius 3 is 2.35 bits per heavy atom. The molecule has 0 aliphatic rings. The highest BCUT2D eigenvalue weighted by Gasteiger charge is 2.03. The zero-order valence-corrected chi connectivity index (χ0v) is 11.2. The van der Waals surface area contributed by atoms with Gasteiger partial charge >= 0.3 is 0 Å². The smallest absolute Gasteiger partial charge is 0.0524 e. The lowest BCUT2D eigenvalue weighted by atomic mass is 10.0. The van der Waals surface area contributed by atoms with Crippen molar-refractivity contribution in [3.05, 3.63) is 35.4 Å². The fourth-order valence-corrected chi connectivity index (χ4v) is 1.78. The van der Waals surface area contributed by atoms with Gasteiger partial charge in [-0.25, -0.2) is 0 Å². The fraction of sp³-hybridized carbons (Fsp3) is 0.600. The van der Waals surface area contributed by atoms with Crippen LogP contribution in [0.1, 0.15) is 37.8 Å². The van der Waals surface area contributed by atoms with E-state index in [-0.39, 0.29) is 6.10 Å². The van der Waals surface area contributed by atoms with Gasteiger partial charge in [0.25, 0.3) is 0 Å². The second kappa shape index (κ2) is 7.46. The molecule has 0 amide bonds. The van der Waals surface area contributed by atoms with Gasteiger partial charge in [0.1, 0.15) is 0 Å². The average molecular weight is 235 g/mol. The minimum atomic E-state index is -0.202. The standard InChI is InChI=1S/C15H25NO/c1-12-4-7-15(8-5-12)9-6-13(2)16-11-10-14(3)17/h4-5,7-8,13-14,16-17H,6,9-11H2,1-3H3/t13-,14-/m0/s1. The molecule has 0 saturated carbocycles. The van der Waals surface area contributed by atoms with Crippen molar-refractivity contribution < 1.29 is 5.11 Å². The van der Waals surface area contributed by atoms with Gasteiger partial charge in [0.2, 0.25) is 0 Å². The van der Waals surface area contributed by atoms with Crippen LogP contribution in [0.2, 0.25) is 0 Å². The van der Waals surface area contributed by atoms with Gasteiger partial charge in [-0.3, -0.25) is 0 Å². The molecule has 0 fully saturated rings. The van der Waals surface area contributed by atoms with E-state index in [9.17, 15) is 0 Å². The van der Waals surface area contributed by atoms with E-state index in [1.165, 1.54) is 11.1 Å². The summed E-state index contributed by atoms with van der Waals surface area (Å²) in [6.45, 7) is 7.05. The highest BCUT2D eigenvalue weighted by atomic mass is 16.3. The van der Waals surface area contributed by atoms with Crippen LogP contribution in [-0.2, 0) is 6.42 Å². The van der Waals surface area contributed by atoms with Gasteiger partial charge < -0.3 is 10.4 Å². The maximum atomic E-state index is 9.16. The number of aliphatic hydroxyl groups is 1. The van der Waals surface area contributed by atoms with Gasteiger partial charge in [0, 0.05) is 6.04 Å². The molecular formula is C15H25NO. The Bertz CT molecular complexity index is 305. The van der Waals surface area contributed by atoms with E-state index >= 15 is 0 Å². The van der Waals surface area contributed by atoms with Crippen LogP contribution in [-0.4, -0.2) is 23.8 Å². The zero-order valence-electron chi connectivity index (χ0n) is 11.2. The predicted molar refractivity (Wildman–Crippen MR) is 73.3 cm³/mol. The van der Waals surface area contributed by atoms with Crippen molar-refractivity contribution >= 4 is 0 Å².